The predicted octanol–water partition coefficient (Wildman–Crippen LogP) is 2.39. The summed E-state index contributed by atoms with van der Waals surface area (Å²) in [7, 11) is 0. The van der Waals surface area contributed by atoms with Gasteiger partial charge in [-0.1, -0.05) is 30.3 Å². The van der Waals surface area contributed by atoms with Gasteiger partial charge in [-0.2, -0.15) is 0 Å². The van der Waals surface area contributed by atoms with Gasteiger partial charge in [-0.3, -0.25) is 9.69 Å². The first-order valence-corrected chi connectivity index (χ1v) is 7.70. The molecule has 3 unspecified atom stereocenters. The summed E-state index contributed by atoms with van der Waals surface area (Å²) < 4.78 is 5.63. The van der Waals surface area contributed by atoms with Crippen LogP contribution in [0.2, 0.25) is 0 Å². The molecule has 2 aliphatic heterocycles. The summed E-state index contributed by atoms with van der Waals surface area (Å²) in [6.45, 7) is 5.09. The van der Waals surface area contributed by atoms with E-state index >= 15 is 0 Å². The van der Waals surface area contributed by atoms with E-state index in [1.54, 1.807) is 0 Å². The lowest BCUT2D eigenvalue weighted by Crippen LogP contribution is -2.42. The van der Waals surface area contributed by atoms with Crippen LogP contribution in [0.15, 0.2) is 30.3 Å². The number of carbonyl (C=O) groups is 1. The van der Waals surface area contributed by atoms with Gasteiger partial charge in [0.1, 0.15) is 0 Å². The third kappa shape index (κ3) is 2.97. The van der Waals surface area contributed by atoms with E-state index in [9.17, 15) is 9.90 Å². The zero-order chi connectivity index (χ0) is 14.9. The minimum absolute atomic E-state index is 0.113. The maximum atomic E-state index is 11.7. The Hall–Kier alpha value is -1.39. The van der Waals surface area contributed by atoms with Crippen molar-refractivity contribution in [3.8, 4) is 0 Å². The molecule has 2 heterocycles. The van der Waals surface area contributed by atoms with Gasteiger partial charge < -0.3 is 9.84 Å². The quantitative estimate of drug-likeness (QED) is 0.928. The minimum atomic E-state index is -0.653. The van der Waals surface area contributed by atoms with Crippen molar-refractivity contribution in [2.24, 2.45) is 11.3 Å². The topological polar surface area (TPSA) is 49.8 Å². The van der Waals surface area contributed by atoms with E-state index in [-0.39, 0.29) is 17.4 Å². The first kappa shape index (κ1) is 14.5. The summed E-state index contributed by atoms with van der Waals surface area (Å²) in [5.41, 5.74) is 1.14. The van der Waals surface area contributed by atoms with Crippen molar-refractivity contribution >= 4 is 5.97 Å². The molecule has 1 aromatic rings. The van der Waals surface area contributed by atoms with Crippen molar-refractivity contribution in [3.63, 3.8) is 0 Å². The van der Waals surface area contributed by atoms with Crippen molar-refractivity contribution in [2.75, 3.05) is 19.7 Å². The van der Waals surface area contributed by atoms with Gasteiger partial charge in [-0.25, -0.2) is 0 Å². The summed E-state index contributed by atoms with van der Waals surface area (Å²) in [6.07, 6.45) is 1.88. The van der Waals surface area contributed by atoms with Crippen LogP contribution in [0.1, 0.15) is 25.3 Å². The van der Waals surface area contributed by atoms with Gasteiger partial charge in [0.2, 0.25) is 0 Å². The van der Waals surface area contributed by atoms with Gasteiger partial charge in [0, 0.05) is 31.7 Å². The maximum absolute atomic E-state index is 11.7. The number of aliphatic carboxylic acids is 1. The second-order valence-corrected chi connectivity index (χ2v) is 6.54. The Balaban J connectivity index is 1.76. The van der Waals surface area contributed by atoms with Crippen molar-refractivity contribution in [1.82, 2.24) is 4.90 Å². The van der Waals surface area contributed by atoms with Gasteiger partial charge in [-0.05, 0) is 25.3 Å². The fraction of sp³-hybridized carbons (Fsp3) is 0.588. The van der Waals surface area contributed by atoms with Crippen molar-refractivity contribution in [3.05, 3.63) is 35.9 Å². The molecule has 0 aliphatic carbocycles. The average Bonchev–Trinajstić information content (AvgIpc) is 2.77. The highest BCUT2D eigenvalue weighted by Gasteiger charge is 2.51. The molecule has 0 aromatic heterocycles. The zero-order valence-electron chi connectivity index (χ0n) is 12.5. The Morgan fingerprint density at radius 3 is 2.86 bits per heavy atom. The molecule has 1 N–H and O–H groups in total. The molecule has 0 radical (unpaired) electrons. The summed E-state index contributed by atoms with van der Waals surface area (Å²) in [5, 5.41) is 9.63. The number of carboxylic acids is 1. The molecule has 0 amide bonds. The fourth-order valence-corrected chi connectivity index (χ4v) is 4.03. The van der Waals surface area contributed by atoms with E-state index in [1.807, 2.05) is 18.2 Å². The van der Waals surface area contributed by atoms with Crippen molar-refractivity contribution in [2.45, 2.75) is 32.4 Å². The van der Waals surface area contributed by atoms with E-state index < -0.39 is 5.97 Å². The van der Waals surface area contributed by atoms with Crippen LogP contribution in [-0.2, 0) is 16.1 Å². The molecule has 114 valence electrons. The van der Waals surface area contributed by atoms with Gasteiger partial charge >= 0.3 is 5.97 Å². The van der Waals surface area contributed by atoms with E-state index in [0.29, 0.717) is 13.2 Å². The van der Waals surface area contributed by atoms with Crippen LogP contribution in [-0.4, -0.2) is 41.8 Å². The lowest BCUT2D eigenvalue weighted by Gasteiger charge is -2.39. The number of benzene rings is 1. The smallest absolute Gasteiger partial charge is 0.308 e. The standard InChI is InChI=1S/C17H23NO3/c1-13-9-17(7-8-21-13)12-18(11-15(17)16(19)20)10-14-5-3-2-4-6-14/h2-6,13,15H,7-12H2,1H3,(H,19,20). The normalized spacial score (nSPS) is 33.4. The largest absolute Gasteiger partial charge is 0.481 e. The summed E-state index contributed by atoms with van der Waals surface area (Å²) in [5.74, 6) is -0.924. The molecule has 0 saturated carbocycles. The molecule has 4 nitrogen and oxygen atoms in total. The van der Waals surface area contributed by atoms with Crippen LogP contribution in [0.3, 0.4) is 0 Å². The second-order valence-electron chi connectivity index (χ2n) is 6.54. The summed E-state index contributed by atoms with van der Waals surface area (Å²) in [6, 6.07) is 10.3. The van der Waals surface area contributed by atoms with Gasteiger partial charge in [-0.15, -0.1) is 0 Å². The van der Waals surface area contributed by atoms with Gasteiger partial charge in [0.05, 0.1) is 12.0 Å². The van der Waals surface area contributed by atoms with Gasteiger partial charge in [0.15, 0.2) is 0 Å². The van der Waals surface area contributed by atoms with E-state index in [2.05, 4.69) is 24.0 Å². The number of rotatable bonds is 3. The van der Waals surface area contributed by atoms with Crippen LogP contribution >= 0.6 is 0 Å². The Kier molecular flexibility index (Phi) is 4.00. The van der Waals surface area contributed by atoms with E-state index in [4.69, 9.17) is 4.74 Å². The molecule has 21 heavy (non-hydrogen) atoms. The molecule has 3 rings (SSSR count). The Morgan fingerprint density at radius 1 is 1.43 bits per heavy atom. The summed E-state index contributed by atoms with van der Waals surface area (Å²) >= 11 is 0. The van der Waals surface area contributed by atoms with Crippen LogP contribution in [0.25, 0.3) is 0 Å². The molecule has 3 atom stereocenters. The second kappa shape index (κ2) is 5.78. The molecule has 2 fully saturated rings. The van der Waals surface area contributed by atoms with E-state index in [1.165, 1.54) is 5.56 Å². The maximum Gasteiger partial charge on any atom is 0.308 e. The zero-order valence-corrected chi connectivity index (χ0v) is 12.5. The third-order valence-electron chi connectivity index (χ3n) is 4.96. The fourth-order valence-electron chi connectivity index (χ4n) is 4.03. The molecule has 2 aliphatic rings. The predicted molar refractivity (Wildman–Crippen MR) is 79.9 cm³/mol. The number of ether oxygens (including phenoxy) is 1. The van der Waals surface area contributed by atoms with Crippen molar-refractivity contribution in [1.29, 1.82) is 0 Å². The van der Waals surface area contributed by atoms with Crippen LogP contribution in [0.4, 0.5) is 0 Å². The molecular formula is C17H23NO3. The lowest BCUT2D eigenvalue weighted by molar-refractivity contribution is -0.148. The molecule has 1 spiro atoms. The number of carboxylic acid groups (broad SMARTS) is 1. The highest BCUT2D eigenvalue weighted by molar-refractivity contribution is 5.72. The van der Waals surface area contributed by atoms with Gasteiger partial charge in [0.25, 0.3) is 0 Å². The molecule has 1 aromatic carbocycles. The highest BCUT2D eigenvalue weighted by Crippen LogP contribution is 2.46. The lowest BCUT2D eigenvalue weighted by atomic mass is 9.70. The molecule has 0 bridgehead atoms. The average molecular weight is 289 g/mol. The number of hydrogen-bond donors (Lipinski definition) is 1. The third-order valence-corrected chi connectivity index (χ3v) is 4.96. The SMILES string of the molecule is CC1CC2(CCO1)CN(Cc1ccccc1)CC2C(=O)O. The minimum Gasteiger partial charge on any atom is -0.481 e. The monoisotopic (exact) mass is 289 g/mol. The number of nitrogens with zero attached hydrogens (tertiary/aromatic N) is 1. The van der Waals surface area contributed by atoms with Crippen LogP contribution in [0.5, 0.6) is 0 Å². The Labute approximate surface area is 125 Å². The molecule has 2 saturated heterocycles. The first-order chi connectivity index (χ1) is 10.1. The first-order valence-electron chi connectivity index (χ1n) is 7.70. The Morgan fingerprint density at radius 2 is 2.19 bits per heavy atom. The molecule has 4 heteroatoms. The summed E-state index contributed by atoms with van der Waals surface area (Å²) in [4.78, 5) is 14.0. The number of likely N-dealkylation sites (tertiary alicyclic amines) is 1. The Bertz CT molecular complexity index is 504. The highest BCUT2D eigenvalue weighted by atomic mass is 16.5. The van der Waals surface area contributed by atoms with E-state index in [0.717, 1.165) is 25.9 Å². The van der Waals surface area contributed by atoms with Crippen molar-refractivity contribution < 1.29 is 14.6 Å². The number of hydrogen-bond acceptors (Lipinski definition) is 3. The van der Waals surface area contributed by atoms with Crippen LogP contribution in [0, 0.1) is 11.3 Å². The van der Waals surface area contributed by atoms with Crippen LogP contribution < -0.4 is 0 Å². The molecular weight excluding hydrogens is 266 g/mol.